The molecule has 1 aromatic heterocycles. The van der Waals surface area contributed by atoms with Crippen molar-refractivity contribution in [3.05, 3.63) is 36.5 Å². The molecule has 0 aliphatic carbocycles. The van der Waals surface area contributed by atoms with Crippen molar-refractivity contribution in [2.75, 3.05) is 0 Å². The Morgan fingerprint density at radius 3 is 2.65 bits per heavy atom. The Bertz CT molecular complexity index is 528. The number of rotatable bonds is 4. The summed E-state index contributed by atoms with van der Waals surface area (Å²) in [4.78, 5) is 10.9. The van der Waals surface area contributed by atoms with Crippen LogP contribution in [0.15, 0.2) is 36.5 Å². The van der Waals surface area contributed by atoms with Crippen molar-refractivity contribution in [2.24, 2.45) is 5.92 Å². The van der Waals surface area contributed by atoms with Crippen molar-refractivity contribution < 1.29 is 9.90 Å². The first-order valence-corrected chi connectivity index (χ1v) is 5.87. The van der Waals surface area contributed by atoms with Crippen LogP contribution < -0.4 is 0 Å². The van der Waals surface area contributed by atoms with Crippen LogP contribution in [0.25, 0.3) is 10.9 Å². The Balaban J connectivity index is 2.45. The van der Waals surface area contributed by atoms with E-state index in [4.69, 9.17) is 5.11 Å². The fourth-order valence-electron chi connectivity index (χ4n) is 2.23. The van der Waals surface area contributed by atoms with Gasteiger partial charge in [-0.25, -0.2) is 0 Å². The zero-order chi connectivity index (χ0) is 12.4. The number of fused-ring (bicyclic) bond motifs is 1. The summed E-state index contributed by atoms with van der Waals surface area (Å²) in [6.45, 7) is 4.12. The normalized spacial score (nSPS) is 13.1. The summed E-state index contributed by atoms with van der Waals surface area (Å²) < 4.78 is 2.08. The molecule has 3 nitrogen and oxygen atoms in total. The van der Waals surface area contributed by atoms with E-state index in [1.54, 1.807) is 0 Å². The van der Waals surface area contributed by atoms with Gasteiger partial charge in [0.25, 0.3) is 0 Å². The third-order valence-corrected chi connectivity index (χ3v) is 3.14. The summed E-state index contributed by atoms with van der Waals surface area (Å²) in [6.07, 6.45) is 2.15. The van der Waals surface area contributed by atoms with Gasteiger partial charge < -0.3 is 9.67 Å². The first-order valence-electron chi connectivity index (χ1n) is 5.87. The highest BCUT2D eigenvalue weighted by molar-refractivity contribution is 5.80. The molecule has 1 N–H and O–H groups in total. The molecular formula is C14H17NO2. The quantitative estimate of drug-likeness (QED) is 0.877. The van der Waals surface area contributed by atoms with E-state index < -0.39 is 5.97 Å². The average molecular weight is 231 g/mol. The van der Waals surface area contributed by atoms with Gasteiger partial charge in [0.15, 0.2) is 0 Å². The van der Waals surface area contributed by atoms with Crippen molar-refractivity contribution in [1.29, 1.82) is 0 Å². The van der Waals surface area contributed by atoms with Crippen molar-refractivity contribution >= 4 is 16.9 Å². The SMILES string of the molecule is CC(C)C(CC(=O)O)n1ccc2ccccc21. The minimum absolute atomic E-state index is 0.00685. The number of aliphatic carboxylic acids is 1. The molecule has 2 rings (SSSR count). The summed E-state index contributed by atoms with van der Waals surface area (Å²) in [5, 5.41) is 10.1. The second-order valence-electron chi connectivity index (χ2n) is 4.69. The number of carboxylic acid groups (broad SMARTS) is 1. The second kappa shape index (κ2) is 4.62. The number of carboxylic acids is 1. The lowest BCUT2D eigenvalue weighted by atomic mass is 10.0. The molecule has 2 aromatic rings. The largest absolute Gasteiger partial charge is 0.481 e. The molecule has 17 heavy (non-hydrogen) atoms. The first-order chi connectivity index (χ1) is 8.09. The fraction of sp³-hybridized carbons (Fsp3) is 0.357. The molecule has 1 unspecified atom stereocenters. The maximum atomic E-state index is 10.9. The summed E-state index contributed by atoms with van der Waals surface area (Å²) in [6, 6.07) is 10.1. The van der Waals surface area contributed by atoms with Gasteiger partial charge in [0.2, 0.25) is 0 Å². The molecule has 1 atom stereocenters. The Kier molecular flexibility index (Phi) is 3.18. The highest BCUT2D eigenvalue weighted by Crippen LogP contribution is 2.27. The molecule has 1 heterocycles. The molecule has 0 spiro atoms. The summed E-state index contributed by atoms with van der Waals surface area (Å²) in [7, 11) is 0. The lowest BCUT2D eigenvalue weighted by Crippen LogP contribution is -2.18. The number of para-hydroxylation sites is 1. The summed E-state index contributed by atoms with van der Waals surface area (Å²) >= 11 is 0. The molecule has 1 aromatic carbocycles. The van der Waals surface area contributed by atoms with Crippen LogP contribution in [-0.4, -0.2) is 15.6 Å². The van der Waals surface area contributed by atoms with Gasteiger partial charge in [-0.05, 0) is 23.4 Å². The zero-order valence-corrected chi connectivity index (χ0v) is 10.1. The van der Waals surface area contributed by atoms with Crippen LogP contribution in [0.2, 0.25) is 0 Å². The van der Waals surface area contributed by atoms with Crippen LogP contribution in [-0.2, 0) is 4.79 Å². The van der Waals surface area contributed by atoms with Crippen LogP contribution in [0, 0.1) is 5.92 Å². The lowest BCUT2D eigenvalue weighted by Gasteiger charge is -2.22. The lowest BCUT2D eigenvalue weighted by molar-refractivity contribution is -0.138. The standard InChI is InChI=1S/C14H17NO2/c1-10(2)13(9-14(16)17)15-8-7-11-5-3-4-6-12(11)15/h3-8,10,13H,9H2,1-2H3,(H,16,17). The Morgan fingerprint density at radius 1 is 1.29 bits per heavy atom. The van der Waals surface area contributed by atoms with Crippen LogP contribution in [0.3, 0.4) is 0 Å². The number of hydrogen-bond donors (Lipinski definition) is 1. The van der Waals surface area contributed by atoms with Gasteiger partial charge in [-0.1, -0.05) is 32.0 Å². The van der Waals surface area contributed by atoms with E-state index >= 15 is 0 Å². The van der Waals surface area contributed by atoms with Crippen molar-refractivity contribution in [3.63, 3.8) is 0 Å². The third-order valence-electron chi connectivity index (χ3n) is 3.14. The third kappa shape index (κ3) is 2.33. The average Bonchev–Trinajstić information content (AvgIpc) is 2.69. The Hall–Kier alpha value is -1.77. The maximum Gasteiger partial charge on any atom is 0.305 e. The highest BCUT2D eigenvalue weighted by Gasteiger charge is 2.19. The van der Waals surface area contributed by atoms with Gasteiger partial charge in [0.05, 0.1) is 6.42 Å². The summed E-state index contributed by atoms with van der Waals surface area (Å²) in [5.41, 5.74) is 1.10. The minimum Gasteiger partial charge on any atom is -0.481 e. The van der Waals surface area contributed by atoms with E-state index in [9.17, 15) is 4.79 Å². The second-order valence-corrected chi connectivity index (χ2v) is 4.69. The maximum absolute atomic E-state index is 10.9. The molecule has 0 fully saturated rings. The van der Waals surface area contributed by atoms with E-state index in [1.165, 1.54) is 0 Å². The highest BCUT2D eigenvalue weighted by atomic mass is 16.4. The minimum atomic E-state index is -0.749. The molecule has 0 amide bonds. The predicted molar refractivity (Wildman–Crippen MR) is 68.1 cm³/mol. The van der Waals surface area contributed by atoms with Gasteiger partial charge in [-0.3, -0.25) is 4.79 Å². The number of benzene rings is 1. The molecule has 0 aliphatic heterocycles. The predicted octanol–water partition coefficient (Wildman–Crippen LogP) is 3.31. The van der Waals surface area contributed by atoms with Crippen LogP contribution in [0.5, 0.6) is 0 Å². The van der Waals surface area contributed by atoms with Crippen molar-refractivity contribution in [3.8, 4) is 0 Å². The van der Waals surface area contributed by atoms with E-state index in [0.29, 0.717) is 5.92 Å². The van der Waals surface area contributed by atoms with Crippen LogP contribution in [0.4, 0.5) is 0 Å². The molecule has 0 aliphatic rings. The smallest absolute Gasteiger partial charge is 0.305 e. The van der Waals surface area contributed by atoms with Gasteiger partial charge >= 0.3 is 5.97 Å². The van der Waals surface area contributed by atoms with Crippen molar-refractivity contribution in [2.45, 2.75) is 26.3 Å². The number of carbonyl (C=O) groups is 1. The number of aromatic nitrogens is 1. The van der Waals surface area contributed by atoms with Gasteiger partial charge in [0.1, 0.15) is 0 Å². The topological polar surface area (TPSA) is 42.2 Å². The summed E-state index contributed by atoms with van der Waals surface area (Å²) in [5.74, 6) is -0.455. The monoisotopic (exact) mass is 231 g/mol. The number of nitrogens with zero attached hydrogens (tertiary/aromatic N) is 1. The molecule has 0 bridgehead atoms. The van der Waals surface area contributed by atoms with E-state index in [2.05, 4.69) is 18.4 Å². The molecule has 3 heteroatoms. The van der Waals surface area contributed by atoms with Crippen molar-refractivity contribution in [1.82, 2.24) is 4.57 Å². The Morgan fingerprint density at radius 2 is 2.00 bits per heavy atom. The fourth-order valence-corrected chi connectivity index (χ4v) is 2.23. The van der Waals surface area contributed by atoms with Gasteiger partial charge in [-0.2, -0.15) is 0 Å². The van der Waals surface area contributed by atoms with E-state index in [1.807, 2.05) is 36.5 Å². The van der Waals surface area contributed by atoms with Gasteiger partial charge in [0, 0.05) is 17.8 Å². The van der Waals surface area contributed by atoms with E-state index in [0.717, 1.165) is 10.9 Å². The zero-order valence-electron chi connectivity index (χ0n) is 10.1. The molecule has 0 radical (unpaired) electrons. The Labute approximate surface area is 101 Å². The first kappa shape index (κ1) is 11.7. The van der Waals surface area contributed by atoms with Crippen LogP contribution >= 0.6 is 0 Å². The van der Waals surface area contributed by atoms with Crippen LogP contribution in [0.1, 0.15) is 26.3 Å². The van der Waals surface area contributed by atoms with Gasteiger partial charge in [-0.15, -0.1) is 0 Å². The molecule has 0 saturated carbocycles. The molecule has 0 saturated heterocycles. The number of hydrogen-bond acceptors (Lipinski definition) is 1. The molecular weight excluding hydrogens is 214 g/mol. The molecule has 90 valence electrons. The van der Waals surface area contributed by atoms with E-state index in [-0.39, 0.29) is 12.5 Å².